The maximum absolute atomic E-state index is 10.1. The highest BCUT2D eigenvalue weighted by atomic mass is 16.4. The Morgan fingerprint density at radius 1 is 0.381 bits per heavy atom. The van der Waals surface area contributed by atoms with E-state index >= 15 is 0 Å². The summed E-state index contributed by atoms with van der Waals surface area (Å²) in [6.07, 6.45) is 29.6. The lowest BCUT2D eigenvalue weighted by atomic mass is 10.0. The van der Waals surface area contributed by atoms with E-state index in [0.29, 0.717) is 13.2 Å². The molecule has 0 aromatic rings. The van der Waals surface area contributed by atoms with Gasteiger partial charge < -0.3 is 20.4 Å². The van der Waals surface area contributed by atoms with E-state index in [1.165, 1.54) is 103 Å². The van der Waals surface area contributed by atoms with Crippen LogP contribution >= 0.6 is 0 Å². The zero-order chi connectivity index (χ0) is 32.1. The van der Waals surface area contributed by atoms with Crippen LogP contribution in [0.2, 0.25) is 0 Å². The molecule has 0 aliphatic heterocycles. The molecule has 0 aliphatic rings. The van der Waals surface area contributed by atoms with Crippen molar-refractivity contribution in [2.45, 2.75) is 195 Å². The van der Waals surface area contributed by atoms with E-state index in [0.717, 1.165) is 63.2 Å². The highest BCUT2D eigenvalue weighted by molar-refractivity contribution is 5.66. The highest BCUT2D eigenvalue weighted by Crippen LogP contribution is 2.13. The quantitative estimate of drug-likeness (QED) is 0.0633. The first-order valence-electron chi connectivity index (χ1n) is 17.8. The molecule has 0 aliphatic carbocycles. The molecule has 254 valence electrons. The van der Waals surface area contributed by atoms with Gasteiger partial charge in [0.2, 0.25) is 0 Å². The van der Waals surface area contributed by atoms with Crippen molar-refractivity contribution in [1.29, 1.82) is 0 Å². The molecule has 42 heavy (non-hydrogen) atoms. The molecule has 0 spiro atoms. The lowest BCUT2D eigenvalue weighted by molar-refractivity contribution is -0.138. The van der Waals surface area contributed by atoms with Crippen molar-refractivity contribution >= 4 is 11.9 Å². The zero-order valence-electron chi connectivity index (χ0n) is 28.6. The van der Waals surface area contributed by atoms with Gasteiger partial charge in [-0.1, -0.05) is 156 Å². The van der Waals surface area contributed by atoms with E-state index in [9.17, 15) is 9.59 Å². The van der Waals surface area contributed by atoms with Crippen LogP contribution in [0.25, 0.3) is 0 Å². The predicted octanol–water partition coefficient (Wildman–Crippen LogP) is 10.6. The normalized spacial score (nSPS) is 10.8. The molecular formula is C36H74O6. The topological polar surface area (TPSA) is 115 Å². The second-order valence-electron chi connectivity index (χ2n) is 12.9. The molecule has 0 saturated carbocycles. The first kappa shape index (κ1) is 45.3. The zero-order valence-corrected chi connectivity index (χ0v) is 28.6. The maximum Gasteiger partial charge on any atom is 0.303 e. The van der Waals surface area contributed by atoms with Gasteiger partial charge in [-0.15, -0.1) is 0 Å². The SMILES string of the molecule is CC(C)CCCCCCCCCCO.CC(C)CCCCCCCCCCO.O=C(O)CCCCCCCCC(=O)O. The van der Waals surface area contributed by atoms with Crippen LogP contribution in [-0.2, 0) is 9.59 Å². The minimum atomic E-state index is -0.740. The van der Waals surface area contributed by atoms with Crippen molar-refractivity contribution in [3.8, 4) is 0 Å². The number of hydrogen-bond donors (Lipinski definition) is 4. The van der Waals surface area contributed by atoms with Gasteiger partial charge in [0.25, 0.3) is 0 Å². The number of aliphatic carboxylic acids is 2. The number of rotatable bonds is 29. The highest BCUT2D eigenvalue weighted by Gasteiger charge is 1.99. The molecule has 0 aromatic heterocycles. The first-order chi connectivity index (χ1) is 20.2. The Morgan fingerprint density at radius 3 is 0.810 bits per heavy atom. The Hall–Kier alpha value is -1.14. The van der Waals surface area contributed by atoms with Crippen LogP contribution in [-0.4, -0.2) is 45.6 Å². The Labute approximate surface area is 261 Å². The number of aliphatic hydroxyl groups excluding tert-OH is 2. The molecule has 6 heteroatoms. The van der Waals surface area contributed by atoms with Crippen LogP contribution in [0.3, 0.4) is 0 Å². The van der Waals surface area contributed by atoms with E-state index in [-0.39, 0.29) is 12.8 Å². The molecule has 0 unspecified atom stereocenters. The fourth-order valence-electron chi connectivity index (χ4n) is 4.71. The molecule has 0 bridgehead atoms. The van der Waals surface area contributed by atoms with Gasteiger partial charge in [0.15, 0.2) is 0 Å². The van der Waals surface area contributed by atoms with Gasteiger partial charge >= 0.3 is 11.9 Å². The molecule has 0 aromatic carbocycles. The summed E-state index contributed by atoms with van der Waals surface area (Å²) in [5, 5.41) is 33.9. The molecule has 0 fully saturated rings. The van der Waals surface area contributed by atoms with E-state index in [2.05, 4.69) is 27.7 Å². The molecule has 0 atom stereocenters. The van der Waals surface area contributed by atoms with Crippen LogP contribution < -0.4 is 0 Å². The summed E-state index contributed by atoms with van der Waals surface area (Å²) in [6, 6.07) is 0. The molecule has 0 saturated heterocycles. The van der Waals surface area contributed by atoms with E-state index in [4.69, 9.17) is 20.4 Å². The second-order valence-corrected chi connectivity index (χ2v) is 12.9. The third-order valence-corrected chi connectivity index (χ3v) is 7.41. The number of carbonyl (C=O) groups is 2. The van der Waals surface area contributed by atoms with Crippen LogP contribution in [0.15, 0.2) is 0 Å². The lowest BCUT2D eigenvalue weighted by Crippen LogP contribution is -1.94. The molecule has 6 nitrogen and oxygen atoms in total. The van der Waals surface area contributed by atoms with Gasteiger partial charge in [-0.05, 0) is 37.5 Å². The number of carboxylic acid groups (broad SMARTS) is 2. The summed E-state index contributed by atoms with van der Waals surface area (Å²) < 4.78 is 0. The summed E-state index contributed by atoms with van der Waals surface area (Å²) in [6.45, 7) is 9.94. The van der Waals surface area contributed by atoms with Gasteiger partial charge in [0.05, 0.1) is 0 Å². The molecule has 4 N–H and O–H groups in total. The molecule has 0 amide bonds. The van der Waals surface area contributed by atoms with Crippen molar-refractivity contribution in [2.75, 3.05) is 13.2 Å². The van der Waals surface area contributed by atoms with E-state index < -0.39 is 11.9 Å². The van der Waals surface area contributed by atoms with Crippen LogP contribution in [0.4, 0.5) is 0 Å². The maximum atomic E-state index is 10.1. The molecule has 0 rings (SSSR count). The second kappa shape index (κ2) is 39.9. The standard InChI is InChI=1S/2C13H28O.C10H18O4/c2*1-13(2)11-9-7-5-3-4-6-8-10-12-14;11-9(12)7-5-3-1-2-4-6-8-10(13)14/h2*13-14H,3-12H2,1-2H3;1-8H2,(H,11,12)(H,13,14). The Morgan fingerprint density at radius 2 is 0.595 bits per heavy atom. The monoisotopic (exact) mass is 603 g/mol. The summed E-state index contributed by atoms with van der Waals surface area (Å²) in [5.41, 5.74) is 0. The van der Waals surface area contributed by atoms with Crippen LogP contribution in [0, 0.1) is 11.8 Å². The van der Waals surface area contributed by atoms with Crippen molar-refractivity contribution in [2.24, 2.45) is 11.8 Å². The van der Waals surface area contributed by atoms with Crippen molar-refractivity contribution < 1.29 is 30.0 Å². The largest absolute Gasteiger partial charge is 0.481 e. The number of unbranched alkanes of at least 4 members (excludes halogenated alkanes) is 19. The molecule has 0 radical (unpaired) electrons. The fraction of sp³-hybridized carbons (Fsp3) is 0.944. The van der Waals surface area contributed by atoms with E-state index in [1.54, 1.807) is 0 Å². The van der Waals surface area contributed by atoms with Crippen molar-refractivity contribution in [3.05, 3.63) is 0 Å². The number of carboxylic acids is 2. The van der Waals surface area contributed by atoms with Gasteiger partial charge in [0, 0.05) is 26.1 Å². The van der Waals surface area contributed by atoms with Crippen LogP contribution in [0.1, 0.15) is 195 Å². The summed E-state index contributed by atoms with van der Waals surface area (Å²) in [7, 11) is 0. The smallest absolute Gasteiger partial charge is 0.303 e. The average Bonchev–Trinajstić information content (AvgIpc) is 2.93. The Balaban J connectivity index is -0.000000543. The molecule has 0 heterocycles. The number of hydrogen-bond acceptors (Lipinski definition) is 4. The summed E-state index contributed by atoms with van der Waals surface area (Å²) >= 11 is 0. The average molecular weight is 603 g/mol. The Kier molecular flexibility index (Phi) is 43.0. The number of aliphatic hydroxyl groups is 2. The first-order valence-corrected chi connectivity index (χ1v) is 17.8. The van der Waals surface area contributed by atoms with Gasteiger partial charge in [0.1, 0.15) is 0 Å². The summed E-state index contributed by atoms with van der Waals surface area (Å²) in [5.74, 6) is 0.269. The predicted molar refractivity (Wildman–Crippen MR) is 179 cm³/mol. The van der Waals surface area contributed by atoms with Crippen LogP contribution in [0.5, 0.6) is 0 Å². The fourth-order valence-corrected chi connectivity index (χ4v) is 4.71. The van der Waals surface area contributed by atoms with E-state index in [1.807, 2.05) is 0 Å². The van der Waals surface area contributed by atoms with Crippen molar-refractivity contribution in [1.82, 2.24) is 0 Å². The third-order valence-electron chi connectivity index (χ3n) is 7.41. The van der Waals surface area contributed by atoms with Gasteiger partial charge in [-0.2, -0.15) is 0 Å². The summed E-state index contributed by atoms with van der Waals surface area (Å²) in [4.78, 5) is 20.3. The third kappa shape index (κ3) is 54.9. The minimum Gasteiger partial charge on any atom is -0.481 e. The minimum absolute atomic E-state index is 0.245. The van der Waals surface area contributed by atoms with Crippen molar-refractivity contribution in [3.63, 3.8) is 0 Å². The van der Waals surface area contributed by atoms with Gasteiger partial charge in [-0.3, -0.25) is 9.59 Å². The molecular weight excluding hydrogens is 528 g/mol. The Bertz CT molecular complexity index is 475. The van der Waals surface area contributed by atoms with Gasteiger partial charge in [-0.25, -0.2) is 0 Å². The lowest BCUT2D eigenvalue weighted by Gasteiger charge is -2.04.